The van der Waals surface area contributed by atoms with Crippen LogP contribution in [-0.4, -0.2) is 30.1 Å². The first-order valence-electron chi connectivity index (χ1n) is 8.28. The van der Waals surface area contributed by atoms with Gasteiger partial charge in [0.1, 0.15) is 5.75 Å². The first-order valence-corrected chi connectivity index (χ1v) is 9.04. The zero-order valence-electron chi connectivity index (χ0n) is 15.2. The third kappa shape index (κ3) is 6.12. The molecule has 0 atom stereocenters. The summed E-state index contributed by atoms with van der Waals surface area (Å²) in [6, 6.07) is 6.52. The first-order chi connectivity index (χ1) is 12.8. The highest BCUT2D eigenvalue weighted by Crippen LogP contribution is 2.28. The van der Waals surface area contributed by atoms with E-state index in [0.29, 0.717) is 34.4 Å². The maximum atomic E-state index is 12.0. The minimum atomic E-state index is -0.619. The lowest BCUT2D eigenvalue weighted by atomic mass is 10.2. The van der Waals surface area contributed by atoms with E-state index in [-0.39, 0.29) is 10.8 Å². The number of halogens is 2. The normalized spacial score (nSPS) is 10.6. The average Bonchev–Trinajstić information content (AvgIpc) is 2.65. The van der Waals surface area contributed by atoms with E-state index in [4.69, 9.17) is 32.7 Å². The summed E-state index contributed by atoms with van der Waals surface area (Å²) in [5, 5.41) is 3.11. The molecule has 0 fully saturated rings. The monoisotopic (exact) mass is 410 g/mol. The molecule has 144 valence electrons. The number of rotatable bonds is 7. The molecule has 0 aliphatic heterocycles. The predicted molar refractivity (Wildman–Crippen MR) is 105 cm³/mol. The van der Waals surface area contributed by atoms with Crippen molar-refractivity contribution in [3.8, 4) is 5.75 Å². The van der Waals surface area contributed by atoms with E-state index >= 15 is 0 Å². The molecule has 0 aliphatic rings. The molecule has 0 saturated carbocycles. The molecule has 0 unspecified atom stereocenters. The number of amides is 1. The van der Waals surface area contributed by atoms with Gasteiger partial charge in [-0.25, -0.2) is 9.78 Å². The van der Waals surface area contributed by atoms with Crippen molar-refractivity contribution in [1.29, 1.82) is 0 Å². The largest absolute Gasteiger partial charge is 0.493 e. The van der Waals surface area contributed by atoms with Gasteiger partial charge in [0.2, 0.25) is 0 Å². The van der Waals surface area contributed by atoms with Crippen molar-refractivity contribution in [3.05, 3.63) is 51.6 Å². The number of esters is 1. The molecule has 1 N–H and O–H groups in total. The molecule has 1 aromatic carbocycles. The minimum Gasteiger partial charge on any atom is -0.493 e. The van der Waals surface area contributed by atoms with Gasteiger partial charge in [0.15, 0.2) is 12.4 Å². The molecule has 0 spiro atoms. The Morgan fingerprint density at radius 3 is 2.48 bits per heavy atom. The molecular weight excluding hydrogens is 391 g/mol. The van der Waals surface area contributed by atoms with Crippen LogP contribution in [0.15, 0.2) is 30.5 Å². The van der Waals surface area contributed by atoms with Crippen LogP contribution >= 0.6 is 23.2 Å². The second-order valence-corrected chi connectivity index (χ2v) is 7.03. The highest BCUT2D eigenvalue weighted by Gasteiger charge is 2.14. The number of carbonyl (C=O) groups is 2. The van der Waals surface area contributed by atoms with E-state index in [1.165, 1.54) is 6.20 Å². The summed E-state index contributed by atoms with van der Waals surface area (Å²) in [5.74, 6) is 0.0481. The number of hydrogen-bond acceptors (Lipinski definition) is 5. The number of ether oxygens (including phenoxy) is 2. The Labute approximate surface area is 167 Å². The number of pyridine rings is 1. The molecular formula is C19H20Cl2N2O4. The molecule has 0 saturated heterocycles. The van der Waals surface area contributed by atoms with Crippen LogP contribution in [-0.2, 0) is 9.53 Å². The molecule has 0 radical (unpaired) electrons. The van der Waals surface area contributed by atoms with Crippen LogP contribution in [0.25, 0.3) is 0 Å². The lowest BCUT2D eigenvalue weighted by Gasteiger charge is -2.10. The van der Waals surface area contributed by atoms with Crippen LogP contribution in [0.3, 0.4) is 0 Å². The van der Waals surface area contributed by atoms with Crippen molar-refractivity contribution in [2.45, 2.75) is 20.8 Å². The molecule has 8 heteroatoms. The van der Waals surface area contributed by atoms with Crippen molar-refractivity contribution < 1.29 is 19.1 Å². The summed E-state index contributed by atoms with van der Waals surface area (Å²) in [6.45, 7) is 5.92. The standard InChI is InChI=1S/C19H20Cl2N2O4/c1-11(2)9-26-14-6-4-13(5-7-14)19(25)27-10-16(24)23-18-17(21)12(3)15(20)8-22-18/h4-8,11H,9-10H2,1-3H3,(H,22,23,24). The average molecular weight is 411 g/mol. The van der Waals surface area contributed by atoms with Crippen LogP contribution in [0.4, 0.5) is 5.82 Å². The van der Waals surface area contributed by atoms with Crippen molar-refractivity contribution in [2.75, 3.05) is 18.5 Å². The number of aromatic nitrogens is 1. The van der Waals surface area contributed by atoms with E-state index < -0.39 is 18.5 Å². The van der Waals surface area contributed by atoms with Crippen LogP contribution in [0.1, 0.15) is 29.8 Å². The second kappa shape index (κ2) is 9.58. The third-order valence-corrected chi connectivity index (χ3v) is 4.31. The maximum absolute atomic E-state index is 12.0. The molecule has 1 aromatic heterocycles. The highest BCUT2D eigenvalue weighted by molar-refractivity contribution is 6.37. The molecule has 0 bridgehead atoms. The number of hydrogen-bond donors (Lipinski definition) is 1. The first kappa shape index (κ1) is 21.0. The topological polar surface area (TPSA) is 77.5 Å². The smallest absolute Gasteiger partial charge is 0.338 e. The van der Waals surface area contributed by atoms with E-state index in [1.54, 1.807) is 31.2 Å². The Morgan fingerprint density at radius 1 is 1.19 bits per heavy atom. The lowest BCUT2D eigenvalue weighted by Crippen LogP contribution is -2.21. The third-order valence-electron chi connectivity index (χ3n) is 3.47. The van der Waals surface area contributed by atoms with Gasteiger partial charge in [0.05, 0.1) is 22.2 Å². The Morgan fingerprint density at radius 2 is 1.85 bits per heavy atom. The van der Waals surface area contributed by atoms with Crippen LogP contribution in [0.2, 0.25) is 10.0 Å². The van der Waals surface area contributed by atoms with Gasteiger partial charge in [0.25, 0.3) is 5.91 Å². The SMILES string of the molecule is Cc1c(Cl)cnc(NC(=O)COC(=O)c2ccc(OCC(C)C)cc2)c1Cl. The molecule has 27 heavy (non-hydrogen) atoms. The fourth-order valence-corrected chi connectivity index (χ4v) is 2.37. The quantitative estimate of drug-likeness (QED) is 0.678. The molecule has 6 nitrogen and oxygen atoms in total. The zero-order valence-corrected chi connectivity index (χ0v) is 16.7. The van der Waals surface area contributed by atoms with Gasteiger partial charge in [-0.15, -0.1) is 0 Å². The summed E-state index contributed by atoms with van der Waals surface area (Å²) >= 11 is 12.0. The molecule has 1 heterocycles. The van der Waals surface area contributed by atoms with Gasteiger partial charge in [-0.3, -0.25) is 4.79 Å². The number of benzene rings is 1. The van der Waals surface area contributed by atoms with E-state index in [2.05, 4.69) is 10.3 Å². The molecule has 2 aromatic rings. The van der Waals surface area contributed by atoms with Crippen LogP contribution < -0.4 is 10.1 Å². The Kier molecular flexibility index (Phi) is 7.45. The van der Waals surface area contributed by atoms with Gasteiger partial charge in [-0.05, 0) is 42.7 Å². The number of nitrogens with zero attached hydrogens (tertiary/aromatic N) is 1. The molecule has 2 rings (SSSR count). The summed E-state index contributed by atoms with van der Waals surface area (Å²) in [5.41, 5.74) is 0.915. The summed E-state index contributed by atoms with van der Waals surface area (Å²) < 4.78 is 10.6. The highest BCUT2D eigenvalue weighted by atomic mass is 35.5. The lowest BCUT2D eigenvalue weighted by molar-refractivity contribution is -0.119. The van der Waals surface area contributed by atoms with Crippen molar-refractivity contribution in [2.24, 2.45) is 5.92 Å². The zero-order chi connectivity index (χ0) is 20.0. The predicted octanol–water partition coefficient (Wildman–Crippen LogP) is 4.53. The number of carbonyl (C=O) groups excluding carboxylic acids is 2. The van der Waals surface area contributed by atoms with E-state index in [1.807, 2.05) is 13.8 Å². The summed E-state index contributed by atoms with van der Waals surface area (Å²) in [7, 11) is 0. The van der Waals surface area contributed by atoms with Gasteiger partial charge in [-0.1, -0.05) is 37.0 Å². The van der Waals surface area contributed by atoms with Crippen molar-refractivity contribution in [1.82, 2.24) is 4.98 Å². The Hall–Kier alpha value is -2.31. The van der Waals surface area contributed by atoms with E-state index in [0.717, 1.165) is 0 Å². The second-order valence-electron chi connectivity index (χ2n) is 6.25. The van der Waals surface area contributed by atoms with Gasteiger partial charge >= 0.3 is 5.97 Å². The maximum Gasteiger partial charge on any atom is 0.338 e. The van der Waals surface area contributed by atoms with Crippen molar-refractivity contribution >= 4 is 40.9 Å². The molecule has 0 aliphatic carbocycles. The van der Waals surface area contributed by atoms with Crippen LogP contribution in [0, 0.1) is 12.8 Å². The van der Waals surface area contributed by atoms with Gasteiger partial charge in [-0.2, -0.15) is 0 Å². The fraction of sp³-hybridized carbons (Fsp3) is 0.316. The summed E-state index contributed by atoms with van der Waals surface area (Å²) in [6.07, 6.45) is 1.38. The van der Waals surface area contributed by atoms with Crippen LogP contribution in [0.5, 0.6) is 5.75 Å². The van der Waals surface area contributed by atoms with Gasteiger partial charge < -0.3 is 14.8 Å². The number of anilines is 1. The molecule has 1 amide bonds. The van der Waals surface area contributed by atoms with E-state index in [9.17, 15) is 9.59 Å². The minimum absolute atomic E-state index is 0.159. The number of nitrogens with one attached hydrogen (secondary N) is 1. The Balaban J connectivity index is 1.88. The summed E-state index contributed by atoms with van der Waals surface area (Å²) in [4.78, 5) is 28.0. The fourth-order valence-electron chi connectivity index (χ4n) is 1.98. The Bertz CT molecular complexity index is 823. The van der Waals surface area contributed by atoms with Crippen molar-refractivity contribution in [3.63, 3.8) is 0 Å². The van der Waals surface area contributed by atoms with Gasteiger partial charge in [0, 0.05) is 6.20 Å².